The number of benzene rings is 1. The molecule has 0 atom stereocenters. The molecule has 0 radical (unpaired) electrons. The van der Waals surface area contributed by atoms with Gasteiger partial charge in [-0.25, -0.2) is 4.79 Å². The van der Waals surface area contributed by atoms with Crippen LogP contribution in [0.3, 0.4) is 0 Å². The lowest BCUT2D eigenvalue weighted by atomic mass is 10.1. The molecule has 0 bridgehead atoms. The first-order valence-electron chi connectivity index (χ1n) is 8.42. The van der Waals surface area contributed by atoms with Gasteiger partial charge in [-0.05, 0) is 26.2 Å². The molecule has 9 heteroatoms. The average Bonchev–Trinajstić information content (AvgIpc) is 2.66. The van der Waals surface area contributed by atoms with E-state index in [1.807, 2.05) is 0 Å². The molecule has 1 heterocycles. The molecule has 0 aliphatic carbocycles. The highest BCUT2D eigenvalue weighted by Crippen LogP contribution is 2.35. The zero-order chi connectivity index (χ0) is 19.1. The number of amides is 1. The van der Waals surface area contributed by atoms with Crippen LogP contribution in [0.1, 0.15) is 36.5 Å². The minimum Gasteiger partial charge on any atom is -0.493 e. The maximum absolute atomic E-state index is 12.3. The van der Waals surface area contributed by atoms with E-state index in [-0.39, 0.29) is 29.6 Å². The van der Waals surface area contributed by atoms with Crippen molar-refractivity contribution in [3.8, 4) is 11.5 Å². The molecule has 1 aliphatic heterocycles. The molecular formula is C17H22N2O7. The molecule has 0 N–H and O–H groups in total. The van der Waals surface area contributed by atoms with Crippen molar-refractivity contribution < 1.29 is 28.7 Å². The van der Waals surface area contributed by atoms with Gasteiger partial charge in [0.05, 0.1) is 24.7 Å². The normalized spacial score (nSPS) is 13.8. The zero-order valence-corrected chi connectivity index (χ0v) is 14.9. The van der Waals surface area contributed by atoms with Crippen LogP contribution in [0, 0.1) is 10.1 Å². The molecule has 0 saturated carbocycles. The fourth-order valence-corrected chi connectivity index (χ4v) is 2.73. The second-order valence-corrected chi connectivity index (χ2v) is 5.73. The standard InChI is InChI=1S/C17H22N2O7/c1-3-25-15-10-13(19(22)23)12(9-14(15)24-2)17(21)26-11-16(20)18-7-5-4-6-8-18/h9-10H,3-8,11H2,1-2H3. The third-order valence-corrected chi connectivity index (χ3v) is 4.03. The number of likely N-dealkylation sites (tertiary alicyclic amines) is 1. The van der Waals surface area contributed by atoms with Gasteiger partial charge in [-0.15, -0.1) is 0 Å². The summed E-state index contributed by atoms with van der Waals surface area (Å²) in [5, 5.41) is 11.3. The number of methoxy groups -OCH3 is 1. The predicted molar refractivity (Wildman–Crippen MR) is 91.5 cm³/mol. The minimum absolute atomic E-state index is 0.155. The van der Waals surface area contributed by atoms with Crippen LogP contribution >= 0.6 is 0 Å². The summed E-state index contributed by atoms with van der Waals surface area (Å²) in [6.07, 6.45) is 2.91. The Balaban J connectivity index is 2.15. The predicted octanol–water partition coefficient (Wildman–Crippen LogP) is 2.17. The fraction of sp³-hybridized carbons (Fsp3) is 0.529. The first-order chi connectivity index (χ1) is 12.5. The molecule has 0 aromatic heterocycles. The summed E-state index contributed by atoms with van der Waals surface area (Å²) in [7, 11) is 1.36. The number of carbonyl (C=O) groups is 2. The summed E-state index contributed by atoms with van der Waals surface area (Å²) in [5.41, 5.74) is -0.758. The Labute approximate surface area is 151 Å². The molecule has 26 heavy (non-hydrogen) atoms. The van der Waals surface area contributed by atoms with Gasteiger partial charge in [-0.1, -0.05) is 0 Å². The van der Waals surface area contributed by atoms with Crippen LogP contribution in [-0.2, 0) is 9.53 Å². The highest BCUT2D eigenvalue weighted by atomic mass is 16.6. The lowest BCUT2D eigenvalue weighted by Gasteiger charge is -2.26. The monoisotopic (exact) mass is 366 g/mol. The van der Waals surface area contributed by atoms with Crippen LogP contribution in [-0.4, -0.2) is 55.1 Å². The Hall–Kier alpha value is -2.84. The van der Waals surface area contributed by atoms with E-state index in [2.05, 4.69) is 0 Å². The largest absolute Gasteiger partial charge is 0.493 e. The zero-order valence-electron chi connectivity index (χ0n) is 14.9. The van der Waals surface area contributed by atoms with E-state index < -0.39 is 23.2 Å². The van der Waals surface area contributed by atoms with Crippen LogP contribution in [0.15, 0.2) is 12.1 Å². The lowest BCUT2D eigenvalue weighted by molar-refractivity contribution is -0.385. The van der Waals surface area contributed by atoms with Crippen molar-refractivity contribution in [1.82, 2.24) is 4.90 Å². The smallest absolute Gasteiger partial charge is 0.345 e. The van der Waals surface area contributed by atoms with Crippen molar-refractivity contribution >= 4 is 17.6 Å². The van der Waals surface area contributed by atoms with Crippen molar-refractivity contribution in [1.29, 1.82) is 0 Å². The van der Waals surface area contributed by atoms with Crippen LogP contribution in [0.4, 0.5) is 5.69 Å². The third kappa shape index (κ3) is 4.62. The SMILES string of the molecule is CCOc1cc([N+](=O)[O-])c(C(=O)OCC(=O)N2CCCCC2)cc1OC. The fourth-order valence-electron chi connectivity index (χ4n) is 2.73. The van der Waals surface area contributed by atoms with Gasteiger partial charge in [0.15, 0.2) is 18.1 Å². The quantitative estimate of drug-likeness (QED) is 0.413. The molecule has 1 aromatic rings. The molecule has 1 fully saturated rings. The van der Waals surface area contributed by atoms with Crippen LogP contribution in [0.2, 0.25) is 0 Å². The minimum atomic E-state index is -0.955. The molecule has 0 unspecified atom stereocenters. The van der Waals surface area contributed by atoms with E-state index in [0.29, 0.717) is 13.1 Å². The summed E-state index contributed by atoms with van der Waals surface area (Å²) in [5.74, 6) is -0.934. The Morgan fingerprint density at radius 1 is 1.19 bits per heavy atom. The highest BCUT2D eigenvalue weighted by Gasteiger charge is 2.27. The number of ether oxygens (including phenoxy) is 3. The van der Waals surface area contributed by atoms with Crippen molar-refractivity contribution in [2.75, 3.05) is 33.4 Å². The summed E-state index contributed by atoms with van der Waals surface area (Å²) >= 11 is 0. The Morgan fingerprint density at radius 2 is 1.88 bits per heavy atom. The maximum Gasteiger partial charge on any atom is 0.345 e. The van der Waals surface area contributed by atoms with Gasteiger partial charge < -0.3 is 19.1 Å². The van der Waals surface area contributed by atoms with Gasteiger partial charge in [0.25, 0.3) is 11.6 Å². The van der Waals surface area contributed by atoms with Crippen molar-refractivity contribution in [2.24, 2.45) is 0 Å². The number of carbonyl (C=O) groups excluding carboxylic acids is 2. The molecule has 1 saturated heterocycles. The number of hydrogen-bond acceptors (Lipinski definition) is 7. The molecule has 1 aromatic carbocycles. The molecule has 9 nitrogen and oxygen atoms in total. The Morgan fingerprint density at radius 3 is 2.46 bits per heavy atom. The van der Waals surface area contributed by atoms with Gasteiger partial charge >= 0.3 is 5.97 Å². The third-order valence-electron chi connectivity index (χ3n) is 4.03. The summed E-state index contributed by atoms with van der Waals surface area (Å²) in [6.45, 7) is 2.81. The summed E-state index contributed by atoms with van der Waals surface area (Å²) in [6, 6.07) is 2.31. The molecule has 2 rings (SSSR count). The summed E-state index contributed by atoms with van der Waals surface area (Å²) in [4.78, 5) is 36.6. The number of rotatable bonds is 7. The Kier molecular flexibility index (Phi) is 6.76. The first kappa shape index (κ1) is 19.5. The number of nitro groups is 1. The second-order valence-electron chi connectivity index (χ2n) is 5.73. The molecule has 1 amide bonds. The highest BCUT2D eigenvalue weighted by molar-refractivity contribution is 5.96. The van der Waals surface area contributed by atoms with Crippen LogP contribution in [0.5, 0.6) is 11.5 Å². The van der Waals surface area contributed by atoms with E-state index in [9.17, 15) is 19.7 Å². The number of nitro benzene ring substituents is 1. The molecule has 142 valence electrons. The van der Waals surface area contributed by atoms with E-state index >= 15 is 0 Å². The van der Waals surface area contributed by atoms with Gasteiger partial charge in [0, 0.05) is 19.2 Å². The number of nitrogens with zero attached hydrogens (tertiary/aromatic N) is 2. The number of esters is 1. The molecular weight excluding hydrogens is 344 g/mol. The molecule has 0 spiro atoms. The molecule has 1 aliphatic rings. The van der Waals surface area contributed by atoms with E-state index in [0.717, 1.165) is 25.3 Å². The lowest BCUT2D eigenvalue weighted by Crippen LogP contribution is -2.38. The maximum atomic E-state index is 12.3. The van der Waals surface area contributed by atoms with Crippen molar-refractivity contribution in [2.45, 2.75) is 26.2 Å². The number of piperidine rings is 1. The van der Waals surface area contributed by atoms with E-state index in [4.69, 9.17) is 14.2 Å². The Bertz CT molecular complexity index is 684. The van der Waals surface area contributed by atoms with Gasteiger partial charge in [-0.2, -0.15) is 0 Å². The van der Waals surface area contributed by atoms with Gasteiger partial charge in [-0.3, -0.25) is 14.9 Å². The van der Waals surface area contributed by atoms with E-state index in [1.165, 1.54) is 13.2 Å². The second kappa shape index (κ2) is 9.02. The van der Waals surface area contributed by atoms with Crippen molar-refractivity contribution in [3.05, 3.63) is 27.8 Å². The summed E-state index contributed by atoms with van der Waals surface area (Å²) < 4.78 is 15.4. The van der Waals surface area contributed by atoms with Crippen molar-refractivity contribution in [3.63, 3.8) is 0 Å². The van der Waals surface area contributed by atoms with Gasteiger partial charge in [0.1, 0.15) is 5.56 Å². The topological polar surface area (TPSA) is 108 Å². The van der Waals surface area contributed by atoms with Gasteiger partial charge in [0.2, 0.25) is 0 Å². The average molecular weight is 366 g/mol. The van der Waals surface area contributed by atoms with Crippen LogP contribution < -0.4 is 9.47 Å². The van der Waals surface area contributed by atoms with E-state index in [1.54, 1.807) is 11.8 Å². The van der Waals surface area contributed by atoms with Crippen LogP contribution in [0.25, 0.3) is 0 Å². The first-order valence-corrected chi connectivity index (χ1v) is 8.42. The number of hydrogen-bond donors (Lipinski definition) is 0.